The molecule has 0 aliphatic carbocycles. The maximum atomic E-state index is 13.5. The Kier molecular flexibility index (Phi) is 7.49. The fourth-order valence-electron chi connectivity index (χ4n) is 4.66. The molecule has 0 bridgehead atoms. The monoisotopic (exact) mass is 528 g/mol. The van der Waals surface area contributed by atoms with Crippen molar-refractivity contribution in [3.05, 3.63) is 95.8 Å². The molecule has 0 radical (unpaired) electrons. The zero-order valence-electron chi connectivity index (χ0n) is 21.5. The molecule has 1 atom stereocenters. The standard InChI is InChI=1S/C30H28N2O7/c1-3-12-37-22-9-7-20(15-24(22)36-4-2)27-26(28(33)21-8-10-23-25(16-21)39-14-13-38-23)29(34)30(35)32(27)18-19-6-5-11-31-17-19/h3,5-11,15-17,27,33H,1,4,12-14,18H2,2H3/t27-/m0/s1. The van der Waals surface area contributed by atoms with Gasteiger partial charge in [-0.25, -0.2) is 0 Å². The minimum absolute atomic E-state index is 0.0391. The predicted octanol–water partition coefficient (Wildman–Crippen LogP) is 4.44. The van der Waals surface area contributed by atoms with Crippen molar-refractivity contribution in [2.75, 3.05) is 26.4 Å². The highest BCUT2D eigenvalue weighted by Gasteiger charge is 2.46. The minimum Gasteiger partial charge on any atom is -0.507 e. The van der Waals surface area contributed by atoms with E-state index < -0.39 is 17.7 Å². The maximum absolute atomic E-state index is 13.5. The molecule has 3 aromatic rings. The van der Waals surface area contributed by atoms with Crippen LogP contribution in [-0.2, 0) is 16.1 Å². The molecule has 5 rings (SSSR count). The molecule has 0 saturated carbocycles. The number of Topliss-reactive ketones (excluding diaryl/α,β-unsaturated/α-hetero) is 1. The highest BCUT2D eigenvalue weighted by atomic mass is 16.6. The number of aliphatic hydroxyl groups is 1. The topological polar surface area (TPSA) is 107 Å². The van der Waals surface area contributed by atoms with Crippen molar-refractivity contribution in [3.63, 3.8) is 0 Å². The number of ketones is 1. The van der Waals surface area contributed by atoms with Crippen molar-refractivity contribution in [1.29, 1.82) is 0 Å². The van der Waals surface area contributed by atoms with Crippen molar-refractivity contribution < 1.29 is 33.6 Å². The van der Waals surface area contributed by atoms with Crippen LogP contribution in [-0.4, -0.2) is 53.1 Å². The molecule has 9 nitrogen and oxygen atoms in total. The van der Waals surface area contributed by atoms with Crippen LogP contribution in [0.1, 0.15) is 29.7 Å². The molecule has 2 aliphatic rings. The highest BCUT2D eigenvalue weighted by molar-refractivity contribution is 6.46. The first-order chi connectivity index (χ1) is 19.0. The van der Waals surface area contributed by atoms with Crippen molar-refractivity contribution in [1.82, 2.24) is 9.88 Å². The third-order valence-corrected chi connectivity index (χ3v) is 6.37. The zero-order chi connectivity index (χ0) is 27.4. The third kappa shape index (κ3) is 5.16. The Bertz CT molecular complexity index is 1430. The van der Waals surface area contributed by atoms with Gasteiger partial charge in [0.1, 0.15) is 25.6 Å². The van der Waals surface area contributed by atoms with Gasteiger partial charge in [-0.1, -0.05) is 24.8 Å². The van der Waals surface area contributed by atoms with E-state index in [1.54, 1.807) is 60.9 Å². The average molecular weight is 529 g/mol. The van der Waals surface area contributed by atoms with Crippen LogP contribution in [0.15, 0.2) is 79.2 Å². The summed E-state index contributed by atoms with van der Waals surface area (Å²) in [6.45, 7) is 7.09. The largest absolute Gasteiger partial charge is 0.507 e. The van der Waals surface area contributed by atoms with Gasteiger partial charge < -0.3 is 29.0 Å². The first-order valence-electron chi connectivity index (χ1n) is 12.6. The van der Waals surface area contributed by atoms with Gasteiger partial charge in [0.15, 0.2) is 23.0 Å². The van der Waals surface area contributed by atoms with Crippen LogP contribution < -0.4 is 18.9 Å². The van der Waals surface area contributed by atoms with Gasteiger partial charge in [-0.05, 0) is 54.4 Å². The van der Waals surface area contributed by atoms with Crippen LogP contribution in [0.5, 0.6) is 23.0 Å². The van der Waals surface area contributed by atoms with E-state index in [1.807, 2.05) is 13.0 Å². The van der Waals surface area contributed by atoms with E-state index in [0.29, 0.717) is 53.9 Å². The van der Waals surface area contributed by atoms with E-state index in [4.69, 9.17) is 18.9 Å². The summed E-state index contributed by atoms with van der Waals surface area (Å²) in [5.74, 6) is 0.111. The van der Waals surface area contributed by atoms with E-state index in [1.165, 1.54) is 4.90 Å². The number of aliphatic hydroxyl groups excluding tert-OH is 1. The fourth-order valence-corrected chi connectivity index (χ4v) is 4.66. The molecule has 1 amide bonds. The third-order valence-electron chi connectivity index (χ3n) is 6.37. The number of hydrogen-bond donors (Lipinski definition) is 1. The number of fused-ring (bicyclic) bond motifs is 1. The lowest BCUT2D eigenvalue weighted by molar-refractivity contribution is -0.140. The SMILES string of the molecule is C=CCOc1ccc([C@H]2C(=C(O)c3ccc4c(c3)OCCO4)C(=O)C(=O)N2Cc2cccnc2)cc1OCC. The number of amides is 1. The first kappa shape index (κ1) is 25.8. The molecule has 3 heterocycles. The molecule has 0 unspecified atom stereocenters. The number of aromatic nitrogens is 1. The Labute approximate surface area is 225 Å². The second-order valence-electron chi connectivity index (χ2n) is 8.89. The number of carbonyl (C=O) groups excluding carboxylic acids is 2. The second-order valence-corrected chi connectivity index (χ2v) is 8.89. The summed E-state index contributed by atoms with van der Waals surface area (Å²) >= 11 is 0. The Morgan fingerprint density at radius 2 is 1.92 bits per heavy atom. The number of rotatable bonds is 9. The molecular weight excluding hydrogens is 500 g/mol. The molecule has 2 aromatic carbocycles. The Balaban J connectivity index is 1.64. The van der Waals surface area contributed by atoms with Gasteiger partial charge in [-0.15, -0.1) is 0 Å². The number of hydrogen-bond acceptors (Lipinski definition) is 8. The lowest BCUT2D eigenvalue weighted by atomic mass is 9.94. The van der Waals surface area contributed by atoms with Gasteiger partial charge in [0, 0.05) is 24.5 Å². The molecule has 1 fully saturated rings. The molecule has 1 saturated heterocycles. The Hall–Kier alpha value is -4.79. The van der Waals surface area contributed by atoms with E-state index in [-0.39, 0.29) is 24.5 Å². The smallest absolute Gasteiger partial charge is 0.295 e. The van der Waals surface area contributed by atoms with Gasteiger partial charge in [0.05, 0.1) is 18.2 Å². The lowest BCUT2D eigenvalue weighted by Crippen LogP contribution is -2.29. The van der Waals surface area contributed by atoms with Gasteiger partial charge in [-0.3, -0.25) is 14.6 Å². The first-order valence-corrected chi connectivity index (χ1v) is 12.6. The minimum atomic E-state index is -0.897. The van der Waals surface area contributed by atoms with E-state index >= 15 is 0 Å². The molecule has 2 aliphatic heterocycles. The Morgan fingerprint density at radius 1 is 1.10 bits per heavy atom. The van der Waals surface area contributed by atoms with Crippen LogP contribution in [0.25, 0.3) is 5.76 Å². The normalized spacial score (nSPS) is 17.7. The quantitative estimate of drug-likeness (QED) is 0.188. The van der Waals surface area contributed by atoms with Gasteiger partial charge in [0.2, 0.25) is 0 Å². The van der Waals surface area contributed by atoms with Crippen molar-refractivity contribution in [3.8, 4) is 23.0 Å². The van der Waals surface area contributed by atoms with Gasteiger partial charge in [-0.2, -0.15) is 0 Å². The number of likely N-dealkylation sites (tertiary alicyclic amines) is 1. The predicted molar refractivity (Wildman–Crippen MR) is 143 cm³/mol. The average Bonchev–Trinajstić information content (AvgIpc) is 3.21. The van der Waals surface area contributed by atoms with Crippen molar-refractivity contribution in [2.24, 2.45) is 0 Å². The van der Waals surface area contributed by atoms with Crippen molar-refractivity contribution >= 4 is 17.4 Å². The summed E-state index contributed by atoms with van der Waals surface area (Å²) < 4.78 is 22.8. The molecule has 1 N–H and O–H groups in total. The molecule has 0 spiro atoms. The number of nitrogens with zero attached hydrogens (tertiary/aromatic N) is 2. The second kappa shape index (κ2) is 11.3. The summed E-state index contributed by atoms with van der Waals surface area (Å²) in [5, 5.41) is 11.5. The summed E-state index contributed by atoms with van der Waals surface area (Å²) in [6, 6.07) is 12.8. The van der Waals surface area contributed by atoms with Gasteiger partial charge in [0.25, 0.3) is 11.7 Å². The molecule has 1 aromatic heterocycles. The van der Waals surface area contributed by atoms with E-state index in [9.17, 15) is 14.7 Å². The molecule has 9 heteroatoms. The summed E-state index contributed by atoms with van der Waals surface area (Å²) in [5.41, 5.74) is 1.61. The summed E-state index contributed by atoms with van der Waals surface area (Å²) in [6.07, 6.45) is 4.89. The number of benzene rings is 2. The lowest BCUT2D eigenvalue weighted by Gasteiger charge is -2.26. The number of ether oxygens (including phenoxy) is 4. The van der Waals surface area contributed by atoms with Gasteiger partial charge >= 0.3 is 0 Å². The molecule has 39 heavy (non-hydrogen) atoms. The summed E-state index contributed by atoms with van der Waals surface area (Å²) in [4.78, 5) is 32.4. The molecule has 200 valence electrons. The number of carbonyl (C=O) groups is 2. The van der Waals surface area contributed by atoms with Crippen LogP contribution in [0.4, 0.5) is 0 Å². The highest BCUT2D eigenvalue weighted by Crippen LogP contribution is 2.43. The summed E-state index contributed by atoms with van der Waals surface area (Å²) in [7, 11) is 0. The van der Waals surface area contributed by atoms with Crippen LogP contribution in [0.3, 0.4) is 0 Å². The zero-order valence-corrected chi connectivity index (χ0v) is 21.5. The van der Waals surface area contributed by atoms with E-state index in [0.717, 1.165) is 5.56 Å². The van der Waals surface area contributed by atoms with E-state index in [2.05, 4.69) is 11.6 Å². The Morgan fingerprint density at radius 3 is 2.67 bits per heavy atom. The number of pyridine rings is 1. The molecular formula is C30H28N2O7. The van der Waals surface area contributed by atoms with Crippen LogP contribution >= 0.6 is 0 Å². The van der Waals surface area contributed by atoms with Crippen LogP contribution in [0, 0.1) is 0 Å². The maximum Gasteiger partial charge on any atom is 0.295 e. The fraction of sp³-hybridized carbons (Fsp3) is 0.233. The van der Waals surface area contributed by atoms with Crippen LogP contribution in [0.2, 0.25) is 0 Å². The van der Waals surface area contributed by atoms with Crippen molar-refractivity contribution in [2.45, 2.75) is 19.5 Å².